The molecular weight excluding hydrogens is 371 g/mol. The second-order valence-electron chi connectivity index (χ2n) is 5.88. The van der Waals surface area contributed by atoms with Gasteiger partial charge in [-0.1, -0.05) is 29.3 Å². The van der Waals surface area contributed by atoms with Gasteiger partial charge in [0, 0.05) is 23.8 Å². The van der Waals surface area contributed by atoms with Gasteiger partial charge in [0.1, 0.15) is 0 Å². The molecule has 7 heteroatoms. The molecule has 1 amide bonds. The highest BCUT2D eigenvalue weighted by Crippen LogP contribution is 2.26. The molecule has 0 bridgehead atoms. The summed E-state index contributed by atoms with van der Waals surface area (Å²) in [4.78, 5) is 20.7. The summed E-state index contributed by atoms with van der Waals surface area (Å²) >= 11 is 11.9. The zero-order valence-corrected chi connectivity index (χ0v) is 15.7. The van der Waals surface area contributed by atoms with Gasteiger partial charge >= 0.3 is 0 Å². The average Bonchev–Trinajstić information content (AvgIpc) is 2.58. The third-order valence-corrected chi connectivity index (χ3v) is 4.31. The van der Waals surface area contributed by atoms with Gasteiger partial charge in [-0.15, -0.1) is 0 Å². The molecular formula is C19H16Cl2N4O. The van der Waals surface area contributed by atoms with Crippen LogP contribution in [0, 0.1) is 13.8 Å². The highest BCUT2D eigenvalue weighted by atomic mass is 35.5. The van der Waals surface area contributed by atoms with Gasteiger partial charge in [-0.05, 0) is 55.3 Å². The summed E-state index contributed by atoms with van der Waals surface area (Å²) in [5.74, 6) is 0.0856. The normalized spacial score (nSPS) is 10.5. The van der Waals surface area contributed by atoms with Crippen molar-refractivity contribution in [2.24, 2.45) is 0 Å². The van der Waals surface area contributed by atoms with E-state index in [0.29, 0.717) is 27.2 Å². The van der Waals surface area contributed by atoms with E-state index in [4.69, 9.17) is 23.2 Å². The van der Waals surface area contributed by atoms with Crippen molar-refractivity contribution in [3.8, 4) is 0 Å². The van der Waals surface area contributed by atoms with Gasteiger partial charge in [0.05, 0.1) is 15.6 Å². The lowest BCUT2D eigenvalue weighted by molar-refractivity contribution is 0.102. The molecule has 1 heterocycles. The minimum Gasteiger partial charge on any atom is -0.324 e. The van der Waals surface area contributed by atoms with E-state index in [2.05, 4.69) is 20.6 Å². The van der Waals surface area contributed by atoms with Crippen LogP contribution in [0.15, 0.2) is 48.8 Å². The standard InChI is InChI=1S/C19H16Cl2N4O/c1-11-5-12(2)7-15(6-11)24-18(26)13-9-22-19(23-10-13)25-14-3-4-16(20)17(21)8-14/h3-10H,1-2H3,(H,24,26)(H,22,23,25). The highest BCUT2D eigenvalue weighted by Gasteiger charge is 2.09. The molecule has 0 spiro atoms. The van der Waals surface area contributed by atoms with Crippen LogP contribution >= 0.6 is 23.2 Å². The predicted molar refractivity (Wildman–Crippen MR) is 106 cm³/mol. The molecule has 0 saturated heterocycles. The fraction of sp³-hybridized carbons (Fsp3) is 0.105. The van der Waals surface area contributed by atoms with E-state index in [9.17, 15) is 4.79 Å². The van der Waals surface area contributed by atoms with Crippen molar-refractivity contribution in [3.05, 3.63) is 75.5 Å². The van der Waals surface area contributed by atoms with Crippen LogP contribution in [0.3, 0.4) is 0 Å². The van der Waals surface area contributed by atoms with Crippen LogP contribution in [0.25, 0.3) is 0 Å². The first-order valence-corrected chi connectivity index (χ1v) is 8.60. The van der Waals surface area contributed by atoms with Crippen LogP contribution in [-0.2, 0) is 0 Å². The van der Waals surface area contributed by atoms with Crippen LogP contribution in [0.1, 0.15) is 21.5 Å². The van der Waals surface area contributed by atoms with E-state index in [0.717, 1.165) is 16.8 Å². The molecule has 2 N–H and O–H groups in total. The fourth-order valence-electron chi connectivity index (χ4n) is 2.46. The molecule has 26 heavy (non-hydrogen) atoms. The number of benzene rings is 2. The van der Waals surface area contributed by atoms with Crippen LogP contribution in [-0.4, -0.2) is 15.9 Å². The minimum absolute atomic E-state index is 0.268. The Morgan fingerprint density at radius 3 is 2.15 bits per heavy atom. The van der Waals surface area contributed by atoms with Gasteiger partial charge in [-0.25, -0.2) is 9.97 Å². The summed E-state index contributed by atoms with van der Waals surface area (Å²) in [6.07, 6.45) is 2.93. The van der Waals surface area contributed by atoms with Gasteiger partial charge in [0.25, 0.3) is 5.91 Å². The van der Waals surface area contributed by atoms with Crippen molar-refractivity contribution < 1.29 is 4.79 Å². The molecule has 0 aliphatic heterocycles. The molecule has 0 aliphatic rings. The molecule has 0 atom stereocenters. The number of aryl methyl sites for hydroxylation is 2. The largest absolute Gasteiger partial charge is 0.324 e. The van der Waals surface area contributed by atoms with Gasteiger partial charge in [-0.2, -0.15) is 0 Å². The molecule has 3 aromatic rings. The second-order valence-corrected chi connectivity index (χ2v) is 6.69. The molecule has 3 rings (SSSR count). The Balaban J connectivity index is 1.70. The quantitative estimate of drug-likeness (QED) is 0.629. The number of nitrogens with zero attached hydrogens (tertiary/aromatic N) is 2. The predicted octanol–water partition coefficient (Wildman–Crippen LogP) is 5.40. The van der Waals surface area contributed by atoms with Crippen LogP contribution in [0.2, 0.25) is 10.0 Å². The molecule has 0 saturated carbocycles. The molecule has 0 fully saturated rings. The van der Waals surface area contributed by atoms with Crippen LogP contribution in [0.5, 0.6) is 0 Å². The molecule has 1 aromatic heterocycles. The first-order chi connectivity index (χ1) is 12.4. The molecule has 0 unspecified atom stereocenters. The number of amides is 1. The second kappa shape index (κ2) is 7.72. The number of carbonyl (C=O) groups excluding carboxylic acids is 1. The van der Waals surface area contributed by atoms with E-state index >= 15 is 0 Å². The van der Waals surface area contributed by atoms with Crippen LogP contribution in [0.4, 0.5) is 17.3 Å². The Kier molecular flexibility index (Phi) is 5.40. The zero-order valence-electron chi connectivity index (χ0n) is 14.2. The summed E-state index contributed by atoms with van der Waals surface area (Å²) in [6, 6.07) is 11.0. The maximum absolute atomic E-state index is 12.3. The first kappa shape index (κ1) is 18.2. The zero-order chi connectivity index (χ0) is 18.7. The Morgan fingerprint density at radius 1 is 0.885 bits per heavy atom. The molecule has 0 aliphatic carbocycles. The lowest BCUT2D eigenvalue weighted by Gasteiger charge is -2.08. The summed E-state index contributed by atoms with van der Waals surface area (Å²) in [6.45, 7) is 3.96. The fourth-order valence-corrected chi connectivity index (χ4v) is 2.76. The van der Waals surface area contributed by atoms with Crippen LogP contribution < -0.4 is 10.6 Å². The number of nitrogens with one attached hydrogen (secondary N) is 2. The minimum atomic E-state index is -0.268. The molecule has 2 aromatic carbocycles. The van der Waals surface area contributed by atoms with Crippen molar-refractivity contribution in [2.75, 3.05) is 10.6 Å². The average molecular weight is 387 g/mol. The lowest BCUT2D eigenvalue weighted by Crippen LogP contribution is -2.13. The van der Waals surface area contributed by atoms with Gasteiger partial charge in [0.15, 0.2) is 0 Å². The summed E-state index contributed by atoms with van der Waals surface area (Å²) in [5.41, 5.74) is 3.97. The molecule has 132 valence electrons. The van der Waals surface area contributed by atoms with Crippen molar-refractivity contribution in [1.29, 1.82) is 0 Å². The Bertz CT molecular complexity index is 938. The van der Waals surface area contributed by atoms with Gasteiger partial charge in [-0.3, -0.25) is 4.79 Å². The first-order valence-electron chi connectivity index (χ1n) is 7.84. The summed E-state index contributed by atoms with van der Waals surface area (Å²) < 4.78 is 0. The number of rotatable bonds is 4. The number of anilines is 3. The maximum Gasteiger partial charge on any atom is 0.258 e. The highest BCUT2D eigenvalue weighted by molar-refractivity contribution is 6.42. The summed E-state index contributed by atoms with van der Waals surface area (Å²) in [7, 11) is 0. The topological polar surface area (TPSA) is 66.9 Å². The third-order valence-electron chi connectivity index (χ3n) is 3.57. The SMILES string of the molecule is Cc1cc(C)cc(NC(=O)c2cnc(Nc3ccc(Cl)c(Cl)c3)nc2)c1. The Morgan fingerprint density at radius 2 is 1.54 bits per heavy atom. The number of halogens is 2. The monoisotopic (exact) mass is 386 g/mol. The van der Waals surface area contributed by atoms with E-state index < -0.39 is 0 Å². The Hall–Kier alpha value is -2.63. The van der Waals surface area contributed by atoms with E-state index in [1.54, 1.807) is 18.2 Å². The Labute approximate surface area is 161 Å². The van der Waals surface area contributed by atoms with Crippen molar-refractivity contribution in [1.82, 2.24) is 9.97 Å². The maximum atomic E-state index is 12.3. The molecule has 5 nitrogen and oxygen atoms in total. The lowest BCUT2D eigenvalue weighted by atomic mass is 10.1. The smallest absolute Gasteiger partial charge is 0.258 e. The number of hydrogen-bond acceptors (Lipinski definition) is 4. The molecule has 0 radical (unpaired) electrons. The van der Waals surface area contributed by atoms with Gasteiger partial charge < -0.3 is 10.6 Å². The number of carbonyl (C=O) groups is 1. The summed E-state index contributed by atoms with van der Waals surface area (Å²) in [5, 5.41) is 6.76. The number of hydrogen-bond donors (Lipinski definition) is 2. The van der Waals surface area contributed by atoms with E-state index in [-0.39, 0.29) is 5.91 Å². The van der Waals surface area contributed by atoms with E-state index in [1.807, 2.05) is 32.0 Å². The van der Waals surface area contributed by atoms with Crippen molar-refractivity contribution in [2.45, 2.75) is 13.8 Å². The number of aromatic nitrogens is 2. The van der Waals surface area contributed by atoms with Gasteiger partial charge in [0.2, 0.25) is 5.95 Å². The van der Waals surface area contributed by atoms with Crippen molar-refractivity contribution >= 4 is 46.4 Å². The van der Waals surface area contributed by atoms with E-state index in [1.165, 1.54) is 12.4 Å². The third kappa shape index (κ3) is 4.50. The van der Waals surface area contributed by atoms with Crippen molar-refractivity contribution in [3.63, 3.8) is 0 Å².